The minimum absolute atomic E-state index is 0.0144. The largest absolute Gasteiger partial charge is 0.490 e. The second-order valence-electron chi connectivity index (χ2n) is 5.80. The molecule has 0 saturated carbocycles. The molecular weight excluding hydrogens is 338 g/mol. The average Bonchev–Trinajstić information content (AvgIpc) is 2.88. The third-order valence-corrected chi connectivity index (χ3v) is 3.72. The lowest BCUT2D eigenvalue weighted by Crippen LogP contribution is -2.35. The predicted octanol–water partition coefficient (Wildman–Crippen LogP) is 2.04. The maximum atomic E-state index is 12.3. The van der Waals surface area contributed by atoms with Crippen LogP contribution in [0.2, 0.25) is 0 Å². The molecule has 0 bridgehead atoms. The molecule has 7 nitrogen and oxygen atoms in total. The standard InChI is InChI=1S/C19H23NO6/c1-3-9-20-19(23)13(2)26-18(22)8-6-15(21)14-5-7-16-17(12-14)25-11-4-10-24-16/h3,5,7,12-13H,1,4,6,8-11H2,2H3,(H,20,23)/t13-/m0/s1. The molecule has 0 radical (unpaired) electrons. The van der Waals surface area contributed by atoms with Gasteiger partial charge in [0.05, 0.1) is 19.6 Å². The molecule has 140 valence electrons. The summed E-state index contributed by atoms with van der Waals surface area (Å²) in [5.74, 6) is -0.0796. The molecule has 26 heavy (non-hydrogen) atoms. The van der Waals surface area contributed by atoms with Gasteiger partial charge in [-0.25, -0.2) is 0 Å². The normalized spacial score (nSPS) is 13.9. The van der Waals surface area contributed by atoms with Crippen molar-refractivity contribution >= 4 is 17.7 Å². The van der Waals surface area contributed by atoms with Crippen LogP contribution in [0.5, 0.6) is 11.5 Å². The molecule has 0 aromatic heterocycles. The molecule has 0 fully saturated rings. The highest BCUT2D eigenvalue weighted by Gasteiger charge is 2.19. The Kier molecular flexibility index (Phi) is 7.20. The van der Waals surface area contributed by atoms with Crippen molar-refractivity contribution in [3.8, 4) is 11.5 Å². The second-order valence-corrected chi connectivity index (χ2v) is 5.80. The van der Waals surface area contributed by atoms with Crippen LogP contribution >= 0.6 is 0 Å². The summed E-state index contributed by atoms with van der Waals surface area (Å²) in [6.45, 7) is 6.36. The molecule has 0 unspecified atom stereocenters. The van der Waals surface area contributed by atoms with Gasteiger partial charge in [0.1, 0.15) is 0 Å². The topological polar surface area (TPSA) is 90.9 Å². The summed E-state index contributed by atoms with van der Waals surface area (Å²) in [5.41, 5.74) is 0.443. The number of ketones is 1. The van der Waals surface area contributed by atoms with Gasteiger partial charge in [0.15, 0.2) is 23.4 Å². The van der Waals surface area contributed by atoms with Crippen molar-refractivity contribution in [2.45, 2.75) is 32.3 Å². The van der Waals surface area contributed by atoms with Crippen molar-refractivity contribution in [1.29, 1.82) is 0 Å². The van der Waals surface area contributed by atoms with E-state index < -0.39 is 18.0 Å². The fourth-order valence-electron chi connectivity index (χ4n) is 2.32. The quantitative estimate of drug-likeness (QED) is 0.433. The van der Waals surface area contributed by atoms with Gasteiger partial charge in [0, 0.05) is 24.9 Å². The van der Waals surface area contributed by atoms with Crippen LogP contribution < -0.4 is 14.8 Å². The van der Waals surface area contributed by atoms with Crippen molar-refractivity contribution in [2.75, 3.05) is 19.8 Å². The first-order valence-corrected chi connectivity index (χ1v) is 8.52. The van der Waals surface area contributed by atoms with E-state index in [1.54, 1.807) is 18.2 Å². The van der Waals surface area contributed by atoms with Gasteiger partial charge in [-0.15, -0.1) is 6.58 Å². The zero-order chi connectivity index (χ0) is 18.9. The molecule has 1 aromatic carbocycles. The van der Waals surface area contributed by atoms with E-state index in [0.29, 0.717) is 36.8 Å². The smallest absolute Gasteiger partial charge is 0.307 e. The number of amides is 1. The number of Topliss-reactive ketones (excluding diaryl/α,β-unsaturated/α-hetero) is 1. The van der Waals surface area contributed by atoms with Crippen LogP contribution in [0.4, 0.5) is 0 Å². The van der Waals surface area contributed by atoms with Crippen LogP contribution in [0.25, 0.3) is 0 Å². The van der Waals surface area contributed by atoms with E-state index in [1.807, 2.05) is 0 Å². The van der Waals surface area contributed by atoms with Crippen molar-refractivity contribution in [1.82, 2.24) is 5.32 Å². The van der Waals surface area contributed by atoms with Crippen LogP contribution in [-0.2, 0) is 14.3 Å². The van der Waals surface area contributed by atoms with Gasteiger partial charge in [-0.3, -0.25) is 14.4 Å². The molecule has 1 aliphatic heterocycles. The summed E-state index contributed by atoms with van der Waals surface area (Å²) in [5, 5.41) is 2.54. The second kappa shape index (κ2) is 9.60. The Morgan fingerprint density at radius 3 is 2.69 bits per heavy atom. The number of nitrogens with one attached hydrogen (secondary N) is 1. The number of hydrogen-bond donors (Lipinski definition) is 1. The lowest BCUT2D eigenvalue weighted by atomic mass is 10.1. The van der Waals surface area contributed by atoms with Crippen LogP contribution in [0.1, 0.15) is 36.5 Å². The third kappa shape index (κ3) is 5.61. The number of hydrogen-bond acceptors (Lipinski definition) is 6. The Morgan fingerprint density at radius 2 is 1.96 bits per heavy atom. The maximum Gasteiger partial charge on any atom is 0.307 e. The predicted molar refractivity (Wildman–Crippen MR) is 94.4 cm³/mol. The van der Waals surface area contributed by atoms with Crippen LogP contribution in [0.15, 0.2) is 30.9 Å². The molecule has 1 aromatic rings. The van der Waals surface area contributed by atoms with Crippen molar-refractivity contribution in [3.05, 3.63) is 36.4 Å². The molecule has 1 N–H and O–H groups in total. The summed E-state index contributed by atoms with van der Waals surface area (Å²) in [6, 6.07) is 4.96. The summed E-state index contributed by atoms with van der Waals surface area (Å²) in [4.78, 5) is 35.7. The SMILES string of the molecule is C=CCNC(=O)[C@H](C)OC(=O)CCC(=O)c1ccc2c(c1)OCCCO2. The van der Waals surface area contributed by atoms with E-state index in [1.165, 1.54) is 13.0 Å². The molecule has 1 aliphatic rings. The third-order valence-electron chi connectivity index (χ3n) is 3.72. The van der Waals surface area contributed by atoms with Gasteiger partial charge in [-0.05, 0) is 25.1 Å². The molecule has 0 spiro atoms. The fourth-order valence-corrected chi connectivity index (χ4v) is 2.32. The van der Waals surface area contributed by atoms with Gasteiger partial charge in [-0.1, -0.05) is 6.08 Å². The highest BCUT2D eigenvalue weighted by atomic mass is 16.5. The van der Waals surface area contributed by atoms with E-state index in [0.717, 1.165) is 6.42 Å². The fraction of sp³-hybridized carbons (Fsp3) is 0.421. The first kappa shape index (κ1) is 19.5. The number of benzene rings is 1. The molecule has 1 amide bonds. The zero-order valence-corrected chi connectivity index (χ0v) is 14.8. The van der Waals surface area contributed by atoms with Gasteiger partial charge >= 0.3 is 5.97 Å². The lowest BCUT2D eigenvalue weighted by molar-refractivity contribution is -0.154. The molecule has 1 heterocycles. The highest BCUT2D eigenvalue weighted by molar-refractivity contribution is 5.98. The minimum atomic E-state index is -0.921. The number of esters is 1. The first-order valence-electron chi connectivity index (χ1n) is 8.52. The Balaban J connectivity index is 1.84. The van der Waals surface area contributed by atoms with E-state index in [9.17, 15) is 14.4 Å². The highest BCUT2D eigenvalue weighted by Crippen LogP contribution is 2.30. The van der Waals surface area contributed by atoms with Crippen molar-refractivity contribution in [3.63, 3.8) is 0 Å². The Labute approximate surface area is 152 Å². The maximum absolute atomic E-state index is 12.3. The van der Waals surface area contributed by atoms with Crippen molar-refractivity contribution in [2.24, 2.45) is 0 Å². The van der Waals surface area contributed by atoms with Crippen LogP contribution in [0.3, 0.4) is 0 Å². The Morgan fingerprint density at radius 1 is 1.23 bits per heavy atom. The number of fused-ring (bicyclic) bond motifs is 1. The Bertz CT molecular complexity index is 685. The van der Waals surface area contributed by atoms with Gasteiger partial charge < -0.3 is 19.5 Å². The molecule has 7 heteroatoms. The lowest BCUT2D eigenvalue weighted by Gasteiger charge is -2.12. The molecule has 1 atom stereocenters. The van der Waals surface area contributed by atoms with E-state index in [4.69, 9.17) is 14.2 Å². The Hall–Kier alpha value is -2.83. The van der Waals surface area contributed by atoms with E-state index in [-0.39, 0.29) is 18.6 Å². The van der Waals surface area contributed by atoms with E-state index in [2.05, 4.69) is 11.9 Å². The van der Waals surface area contributed by atoms with Crippen LogP contribution in [-0.4, -0.2) is 43.5 Å². The summed E-state index contributed by atoms with van der Waals surface area (Å²) < 4.78 is 16.1. The van der Waals surface area contributed by atoms with Gasteiger partial charge in [0.25, 0.3) is 5.91 Å². The molecular formula is C19H23NO6. The van der Waals surface area contributed by atoms with Crippen molar-refractivity contribution < 1.29 is 28.6 Å². The summed E-state index contributed by atoms with van der Waals surface area (Å²) in [6.07, 6.45) is 1.27. The first-order chi connectivity index (χ1) is 12.5. The molecule has 0 aliphatic carbocycles. The monoisotopic (exact) mass is 361 g/mol. The molecule has 2 rings (SSSR count). The zero-order valence-electron chi connectivity index (χ0n) is 14.8. The molecule has 0 saturated heterocycles. The van der Waals surface area contributed by atoms with Gasteiger partial charge in [-0.2, -0.15) is 0 Å². The summed E-state index contributed by atoms with van der Waals surface area (Å²) >= 11 is 0. The minimum Gasteiger partial charge on any atom is -0.490 e. The number of carbonyl (C=O) groups is 3. The number of ether oxygens (including phenoxy) is 3. The number of rotatable bonds is 8. The average molecular weight is 361 g/mol. The summed E-state index contributed by atoms with van der Waals surface area (Å²) in [7, 11) is 0. The van der Waals surface area contributed by atoms with E-state index >= 15 is 0 Å². The van der Waals surface area contributed by atoms with Gasteiger partial charge in [0.2, 0.25) is 0 Å². The number of carbonyl (C=O) groups excluding carboxylic acids is 3. The van der Waals surface area contributed by atoms with Crippen LogP contribution in [0, 0.1) is 0 Å².